The Morgan fingerprint density at radius 3 is 2.27 bits per heavy atom. The first-order chi connectivity index (χ1) is 14.5. The van der Waals surface area contributed by atoms with E-state index < -0.39 is 0 Å². The first-order valence-electron chi connectivity index (χ1n) is 10.8. The number of rotatable bonds is 1. The molecule has 2 atom stereocenters. The molecule has 4 aromatic rings. The van der Waals surface area contributed by atoms with E-state index in [0.29, 0.717) is 12.0 Å². The minimum atomic E-state index is 0.00895. The molecule has 0 radical (unpaired) electrons. The Kier molecular flexibility index (Phi) is 3.59. The molecule has 0 N–H and O–H groups in total. The van der Waals surface area contributed by atoms with Crippen LogP contribution in [0.5, 0.6) is 0 Å². The second-order valence-corrected chi connectivity index (χ2v) is 9.44. The van der Waals surface area contributed by atoms with Crippen LogP contribution in [0.25, 0.3) is 21.8 Å². The first kappa shape index (κ1) is 17.6. The molecule has 148 valence electrons. The maximum Gasteiger partial charge on any atom is 0.0629 e. The molecule has 2 aliphatic rings. The predicted molar refractivity (Wildman–Crippen MR) is 128 cm³/mol. The van der Waals surface area contributed by atoms with Crippen molar-refractivity contribution in [1.82, 2.24) is 4.57 Å². The standard InChI is InChI=1S/C28H26N2/c1-28(2,3)30-25-16-10-8-14-21(25)23-17-26-22(18-27(23)30)20-13-7-9-15-24(20)29(26)19-11-5-4-6-12-19/h4-18,20,24H,1-3H3. The minimum Gasteiger partial charge on any atom is -0.335 e. The molecule has 1 aliphatic carbocycles. The van der Waals surface area contributed by atoms with Crippen LogP contribution >= 0.6 is 0 Å². The largest absolute Gasteiger partial charge is 0.335 e. The highest BCUT2D eigenvalue weighted by molar-refractivity contribution is 6.10. The van der Waals surface area contributed by atoms with Crippen molar-refractivity contribution in [3.63, 3.8) is 0 Å². The van der Waals surface area contributed by atoms with Gasteiger partial charge in [-0.15, -0.1) is 0 Å². The summed E-state index contributed by atoms with van der Waals surface area (Å²) < 4.78 is 2.51. The normalized spacial score (nSPS) is 20.2. The smallest absolute Gasteiger partial charge is 0.0629 e. The van der Waals surface area contributed by atoms with Crippen molar-refractivity contribution in [2.75, 3.05) is 4.90 Å². The Labute approximate surface area is 177 Å². The number of anilines is 2. The third-order valence-corrected chi connectivity index (χ3v) is 6.55. The number of para-hydroxylation sites is 2. The average molecular weight is 391 g/mol. The van der Waals surface area contributed by atoms with Gasteiger partial charge in [0.25, 0.3) is 0 Å². The van der Waals surface area contributed by atoms with Gasteiger partial charge >= 0.3 is 0 Å². The molecule has 3 aromatic carbocycles. The Hall–Kier alpha value is -3.26. The molecule has 2 unspecified atom stereocenters. The fourth-order valence-corrected chi connectivity index (χ4v) is 5.41. The highest BCUT2D eigenvalue weighted by Crippen LogP contribution is 2.50. The zero-order valence-corrected chi connectivity index (χ0v) is 17.7. The maximum atomic E-state index is 2.52. The predicted octanol–water partition coefficient (Wildman–Crippen LogP) is 7.28. The number of hydrogen-bond acceptors (Lipinski definition) is 1. The van der Waals surface area contributed by atoms with Crippen molar-refractivity contribution in [2.45, 2.75) is 38.3 Å². The van der Waals surface area contributed by atoms with Gasteiger partial charge in [0.05, 0.1) is 11.6 Å². The molecule has 1 aliphatic heterocycles. The van der Waals surface area contributed by atoms with Crippen LogP contribution in [0.1, 0.15) is 32.3 Å². The fourth-order valence-electron chi connectivity index (χ4n) is 5.41. The van der Waals surface area contributed by atoms with Gasteiger partial charge < -0.3 is 9.47 Å². The molecule has 0 saturated heterocycles. The fraction of sp³-hybridized carbons (Fsp3) is 0.214. The second kappa shape index (κ2) is 6.12. The summed E-state index contributed by atoms with van der Waals surface area (Å²) in [6.45, 7) is 6.90. The van der Waals surface area contributed by atoms with Crippen LogP contribution in [0.15, 0.2) is 91.0 Å². The van der Waals surface area contributed by atoms with E-state index in [1.807, 2.05) is 0 Å². The SMILES string of the molecule is CC(C)(C)n1c2ccccc2c2cc3c(cc21)C1C=CC=CC1N3c1ccccc1. The van der Waals surface area contributed by atoms with E-state index in [0.717, 1.165) is 0 Å². The average Bonchev–Trinajstić information content (AvgIpc) is 3.25. The summed E-state index contributed by atoms with van der Waals surface area (Å²) in [7, 11) is 0. The Morgan fingerprint density at radius 1 is 0.733 bits per heavy atom. The van der Waals surface area contributed by atoms with Crippen LogP contribution in [0.4, 0.5) is 11.4 Å². The molecule has 2 heteroatoms. The second-order valence-electron chi connectivity index (χ2n) is 9.44. The summed E-state index contributed by atoms with van der Waals surface area (Å²) in [4.78, 5) is 2.52. The highest BCUT2D eigenvalue weighted by atomic mass is 15.2. The van der Waals surface area contributed by atoms with Crippen molar-refractivity contribution in [3.8, 4) is 0 Å². The number of nitrogens with zero attached hydrogens (tertiary/aromatic N) is 2. The van der Waals surface area contributed by atoms with Gasteiger partial charge in [0.15, 0.2) is 0 Å². The molecular formula is C28H26N2. The number of allylic oxidation sites excluding steroid dienone is 2. The van der Waals surface area contributed by atoms with Crippen molar-refractivity contribution in [3.05, 3.63) is 96.6 Å². The van der Waals surface area contributed by atoms with Crippen LogP contribution in [-0.4, -0.2) is 10.6 Å². The quantitative estimate of drug-likeness (QED) is 0.331. The zero-order valence-electron chi connectivity index (χ0n) is 17.7. The maximum absolute atomic E-state index is 2.52. The molecule has 30 heavy (non-hydrogen) atoms. The van der Waals surface area contributed by atoms with E-state index in [1.54, 1.807) is 0 Å². The molecule has 1 aromatic heterocycles. The van der Waals surface area contributed by atoms with E-state index >= 15 is 0 Å². The molecule has 6 rings (SSSR count). The van der Waals surface area contributed by atoms with Gasteiger partial charge in [-0.25, -0.2) is 0 Å². The van der Waals surface area contributed by atoms with E-state index in [4.69, 9.17) is 0 Å². The summed E-state index contributed by atoms with van der Waals surface area (Å²) >= 11 is 0. The lowest BCUT2D eigenvalue weighted by molar-refractivity contribution is 0.423. The van der Waals surface area contributed by atoms with Crippen molar-refractivity contribution >= 4 is 33.2 Å². The Bertz CT molecular complexity index is 1330. The lowest BCUT2D eigenvalue weighted by Crippen LogP contribution is -2.28. The van der Waals surface area contributed by atoms with Gasteiger partial charge in [0, 0.05) is 39.1 Å². The highest BCUT2D eigenvalue weighted by Gasteiger charge is 2.38. The number of hydrogen-bond donors (Lipinski definition) is 0. The molecule has 2 heterocycles. The lowest BCUT2D eigenvalue weighted by atomic mass is 9.91. The van der Waals surface area contributed by atoms with Gasteiger partial charge in [-0.3, -0.25) is 0 Å². The molecule has 2 nitrogen and oxygen atoms in total. The summed E-state index contributed by atoms with van der Waals surface area (Å²) in [5, 5.41) is 2.67. The van der Waals surface area contributed by atoms with Gasteiger partial charge in [0.2, 0.25) is 0 Å². The number of fused-ring (bicyclic) bond motifs is 6. The molecule has 0 amide bonds. The Balaban J connectivity index is 1.70. The molecular weight excluding hydrogens is 364 g/mol. The van der Waals surface area contributed by atoms with Crippen LogP contribution in [0.2, 0.25) is 0 Å². The van der Waals surface area contributed by atoms with Crippen molar-refractivity contribution in [2.24, 2.45) is 0 Å². The third-order valence-electron chi connectivity index (χ3n) is 6.55. The first-order valence-corrected chi connectivity index (χ1v) is 10.8. The molecule has 0 spiro atoms. The van der Waals surface area contributed by atoms with E-state index in [-0.39, 0.29) is 5.54 Å². The van der Waals surface area contributed by atoms with Gasteiger partial charge in [0.1, 0.15) is 0 Å². The van der Waals surface area contributed by atoms with Crippen LogP contribution in [0.3, 0.4) is 0 Å². The topological polar surface area (TPSA) is 8.17 Å². The third kappa shape index (κ3) is 2.37. The molecule has 0 saturated carbocycles. The number of aromatic nitrogens is 1. The van der Waals surface area contributed by atoms with E-state index in [9.17, 15) is 0 Å². The summed E-state index contributed by atoms with van der Waals surface area (Å²) in [6.07, 6.45) is 9.09. The van der Waals surface area contributed by atoms with Crippen LogP contribution < -0.4 is 4.90 Å². The molecule has 0 bridgehead atoms. The lowest BCUT2D eigenvalue weighted by Gasteiger charge is -2.28. The van der Waals surface area contributed by atoms with Gasteiger partial charge in [-0.2, -0.15) is 0 Å². The minimum absolute atomic E-state index is 0.00895. The van der Waals surface area contributed by atoms with Crippen LogP contribution in [0, 0.1) is 0 Å². The van der Waals surface area contributed by atoms with Crippen LogP contribution in [-0.2, 0) is 5.54 Å². The summed E-state index contributed by atoms with van der Waals surface area (Å²) in [5.41, 5.74) is 6.66. The van der Waals surface area contributed by atoms with Gasteiger partial charge in [-0.05, 0) is 56.7 Å². The Morgan fingerprint density at radius 2 is 1.47 bits per heavy atom. The number of benzene rings is 3. The van der Waals surface area contributed by atoms with Gasteiger partial charge in [-0.1, -0.05) is 60.7 Å². The van der Waals surface area contributed by atoms with E-state index in [1.165, 1.54) is 38.7 Å². The van der Waals surface area contributed by atoms with E-state index in [2.05, 4.69) is 121 Å². The van der Waals surface area contributed by atoms with Crippen molar-refractivity contribution in [1.29, 1.82) is 0 Å². The monoisotopic (exact) mass is 390 g/mol. The van der Waals surface area contributed by atoms with Crippen molar-refractivity contribution < 1.29 is 0 Å². The summed E-state index contributed by atoms with van der Waals surface area (Å²) in [6, 6.07) is 24.9. The zero-order chi connectivity index (χ0) is 20.5. The summed E-state index contributed by atoms with van der Waals surface area (Å²) in [5.74, 6) is 0.376. The molecule has 0 fully saturated rings.